The molecule has 0 aliphatic heterocycles. The highest BCUT2D eigenvalue weighted by molar-refractivity contribution is 6.31. The van der Waals surface area contributed by atoms with Crippen molar-refractivity contribution in [3.05, 3.63) is 40.2 Å². The van der Waals surface area contributed by atoms with Gasteiger partial charge in [-0.05, 0) is 26.0 Å². The predicted molar refractivity (Wildman–Crippen MR) is 79.7 cm³/mol. The van der Waals surface area contributed by atoms with Gasteiger partial charge in [0.15, 0.2) is 0 Å². The first-order chi connectivity index (χ1) is 10.1. The van der Waals surface area contributed by atoms with E-state index in [-0.39, 0.29) is 6.61 Å². The average molecular weight is 306 g/mol. The summed E-state index contributed by atoms with van der Waals surface area (Å²) in [5.74, 6) is 1.14. The number of methoxy groups -OCH3 is 1. The van der Waals surface area contributed by atoms with Crippen molar-refractivity contribution >= 4 is 11.6 Å². The van der Waals surface area contributed by atoms with Crippen LogP contribution in [0.4, 0.5) is 0 Å². The van der Waals surface area contributed by atoms with Gasteiger partial charge in [0, 0.05) is 12.6 Å². The van der Waals surface area contributed by atoms with Gasteiger partial charge in [0.05, 0.1) is 35.2 Å². The van der Waals surface area contributed by atoms with Gasteiger partial charge in [-0.15, -0.1) is 0 Å². The molecule has 2 aromatic rings. The first kappa shape index (κ1) is 15.2. The Morgan fingerprint density at radius 3 is 2.67 bits per heavy atom. The van der Waals surface area contributed by atoms with E-state index in [0.717, 1.165) is 11.4 Å². The fraction of sp³-hybridized carbons (Fsp3) is 0.333. The summed E-state index contributed by atoms with van der Waals surface area (Å²) in [6, 6.07) is 7.12. The Hall–Kier alpha value is -2.19. The third kappa shape index (κ3) is 3.29. The van der Waals surface area contributed by atoms with Gasteiger partial charge in [0.25, 0.3) is 0 Å². The first-order valence-electron chi connectivity index (χ1n) is 6.52. The molecule has 0 N–H and O–H groups in total. The lowest BCUT2D eigenvalue weighted by Crippen LogP contribution is -2.06. The highest BCUT2D eigenvalue weighted by Crippen LogP contribution is 2.25. The van der Waals surface area contributed by atoms with Gasteiger partial charge in [-0.2, -0.15) is 10.4 Å². The van der Waals surface area contributed by atoms with Crippen LogP contribution in [0.25, 0.3) is 0 Å². The van der Waals surface area contributed by atoms with E-state index in [1.807, 2.05) is 18.5 Å². The number of aryl methyl sites for hydroxylation is 2. The molecule has 0 spiro atoms. The topological polar surface area (TPSA) is 60.1 Å². The summed E-state index contributed by atoms with van der Waals surface area (Å²) < 4.78 is 12.7. The van der Waals surface area contributed by atoms with E-state index in [0.29, 0.717) is 28.6 Å². The van der Waals surface area contributed by atoms with E-state index in [1.54, 1.807) is 25.3 Å². The van der Waals surface area contributed by atoms with Crippen LogP contribution in [0.15, 0.2) is 18.2 Å². The summed E-state index contributed by atoms with van der Waals surface area (Å²) >= 11 is 6.24. The van der Waals surface area contributed by atoms with Crippen LogP contribution in [0.5, 0.6) is 11.5 Å². The standard InChI is InChI=1S/C15H16ClN3O2/c1-4-19-14(15(16)10(2)18-19)9-21-13-6-11(8-17)5-12(7-13)20-3/h5-7H,4,9H2,1-3H3. The predicted octanol–water partition coefficient (Wildman–Crippen LogP) is 3.32. The smallest absolute Gasteiger partial charge is 0.131 e. The fourth-order valence-corrected chi connectivity index (χ4v) is 2.19. The van der Waals surface area contributed by atoms with Crippen LogP contribution in [0, 0.1) is 18.3 Å². The van der Waals surface area contributed by atoms with Crippen LogP contribution in [-0.2, 0) is 13.2 Å². The highest BCUT2D eigenvalue weighted by Gasteiger charge is 2.13. The minimum atomic E-state index is 0.283. The average Bonchev–Trinajstić information content (AvgIpc) is 2.79. The molecule has 1 aromatic carbocycles. The Morgan fingerprint density at radius 2 is 2.05 bits per heavy atom. The molecule has 2 rings (SSSR count). The van der Waals surface area contributed by atoms with Gasteiger partial charge in [0.2, 0.25) is 0 Å². The number of halogens is 1. The SMILES string of the molecule is CCn1nc(C)c(Cl)c1COc1cc(C#N)cc(OC)c1. The van der Waals surface area contributed by atoms with Gasteiger partial charge in [-0.1, -0.05) is 11.6 Å². The van der Waals surface area contributed by atoms with Gasteiger partial charge in [0.1, 0.15) is 18.1 Å². The van der Waals surface area contributed by atoms with Crippen molar-refractivity contribution in [2.24, 2.45) is 0 Å². The van der Waals surface area contributed by atoms with Crippen molar-refractivity contribution in [2.75, 3.05) is 7.11 Å². The van der Waals surface area contributed by atoms with Crippen LogP contribution in [0.2, 0.25) is 5.02 Å². The maximum Gasteiger partial charge on any atom is 0.131 e. The maximum atomic E-state index is 9.00. The number of benzene rings is 1. The number of hydrogen-bond acceptors (Lipinski definition) is 4. The minimum absolute atomic E-state index is 0.283. The molecule has 0 fully saturated rings. The number of nitriles is 1. The Morgan fingerprint density at radius 1 is 1.33 bits per heavy atom. The molecule has 1 aromatic heterocycles. The minimum Gasteiger partial charge on any atom is -0.497 e. The third-order valence-electron chi connectivity index (χ3n) is 3.07. The Balaban J connectivity index is 2.22. The van der Waals surface area contributed by atoms with E-state index >= 15 is 0 Å². The van der Waals surface area contributed by atoms with E-state index in [4.69, 9.17) is 26.3 Å². The van der Waals surface area contributed by atoms with Crippen molar-refractivity contribution < 1.29 is 9.47 Å². The van der Waals surface area contributed by atoms with Crippen molar-refractivity contribution in [1.29, 1.82) is 5.26 Å². The zero-order valence-corrected chi connectivity index (χ0v) is 12.9. The molecule has 0 radical (unpaired) electrons. The number of aromatic nitrogens is 2. The lowest BCUT2D eigenvalue weighted by atomic mass is 10.2. The van der Waals surface area contributed by atoms with Crippen LogP contribution in [0.1, 0.15) is 23.9 Å². The summed E-state index contributed by atoms with van der Waals surface area (Å²) in [5, 5.41) is 13.9. The molecule has 0 aliphatic carbocycles. The molecule has 0 bridgehead atoms. The number of hydrogen-bond donors (Lipinski definition) is 0. The van der Waals surface area contributed by atoms with Gasteiger partial charge >= 0.3 is 0 Å². The van der Waals surface area contributed by atoms with Crippen LogP contribution in [-0.4, -0.2) is 16.9 Å². The molecule has 0 aliphatic rings. The van der Waals surface area contributed by atoms with Gasteiger partial charge in [-0.3, -0.25) is 4.68 Å². The lowest BCUT2D eigenvalue weighted by molar-refractivity contribution is 0.290. The second-order valence-electron chi connectivity index (χ2n) is 4.46. The molecule has 0 amide bonds. The summed E-state index contributed by atoms with van der Waals surface area (Å²) in [7, 11) is 1.55. The quantitative estimate of drug-likeness (QED) is 0.850. The van der Waals surface area contributed by atoms with E-state index in [9.17, 15) is 0 Å². The molecule has 0 unspecified atom stereocenters. The molecule has 110 valence electrons. The first-order valence-corrected chi connectivity index (χ1v) is 6.90. The van der Waals surface area contributed by atoms with Crippen molar-refractivity contribution in [1.82, 2.24) is 9.78 Å². The Bertz CT molecular complexity index is 689. The highest BCUT2D eigenvalue weighted by atomic mass is 35.5. The van der Waals surface area contributed by atoms with Crippen molar-refractivity contribution in [2.45, 2.75) is 27.0 Å². The van der Waals surface area contributed by atoms with Crippen molar-refractivity contribution in [3.63, 3.8) is 0 Å². The summed E-state index contributed by atoms with van der Waals surface area (Å²) in [6.45, 7) is 4.85. The molecular formula is C15H16ClN3O2. The molecule has 0 saturated carbocycles. The third-order valence-corrected chi connectivity index (χ3v) is 3.56. The molecule has 21 heavy (non-hydrogen) atoms. The second kappa shape index (κ2) is 6.51. The molecule has 5 nitrogen and oxygen atoms in total. The molecule has 6 heteroatoms. The van der Waals surface area contributed by atoms with Crippen molar-refractivity contribution in [3.8, 4) is 17.6 Å². The number of nitrogens with zero attached hydrogens (tertiary/aromatic N) is 3. The zero-order chi connectivity index (χ0) is 15.4. The van der Waals surface area contributed by atoms with Crippen LogP contribution < -0.4 is 9.47 Å². The Labute approximate surface area is 128 Å². The lowest BCUT2D eigenvalue weighted by Gasteiger charge is -2.10. The summed E-state index contributed by atoms with van der Waals surface area (Å²) in [6.07, 6.45) is 0. The molecule has 0 atom stereocenters. The second-order valence-corrected chi connectivity index (χ2v) is 4.84. The maximum absolute atomic E-state index is 9.00. The van der Waals surface area contributed by atoms with E-state index < -0.39 is 0 Å². The summed E-state index contributed by atoms with van der Waals surface area (Å²) in [5.41, 5.74) is 2.08. The fourth-order valence-electron chi connectivity index (χ4n) is 2.00. The largest absolute Gasteiger partial charge is 0.497 e. The molecule has 1 heterocycles. The number of rotatable bonds is 5. The summed E-state index contributed by atoms with van der Waals surface area (Å²) in [4.78, 5) is 0. The van der Waals surface area contributed by atoms with Gasteiger partial charge in [-0.25, -0.2) is 0 Å². The van der Waals surface area contributed by atoms with Crippen LogP contribution >= 0.6 is 11.6 Å². The molecular weight excluding hydrogens is 290 g/mol. The van der Waals surface area contributed by atoms with Crippen LogP contribution in [0.3, 0.4) is 0 Å². The monoisotopic (exact) mass is 305 g/mol. The van der Waals surface area contributed by atoms with E-state index in [1.165, 1.54) is 0 Å². The van der Waals surface area contributed by atoms with Gasteiger partial charge < -0.3 is 9.47 Å². The zero-order valence-electron chi connectivity index (χ0n) is 12.2. The Kier molecular flexibility index (Phi) is 4.71. The number of ether oxygens (including phenoxy) is 2. The van der Waals surface area contributed by atoms with E-state index in [2.05, 4.69) is 11.2 Å². The molecule has 0 saturated heterocycles. The normalized spacial score (nSPS) is 10.2.